The number of benzene rings is 2. The number of nitrogens with one attached hydrogen (secondary N) is 3. The second-order valence-corrected chi connectivity index (χ2v) is 5.98. The normalized spacial score (nSPS) is 10.5. The second kappa shape index (κ2) is 7.54. The molecule has 0 radical (unpaired) electrons. The maximum Gasteiger partial charge on any atom is 0.244 e. The maximum absolute atomic E-state index is 9.18. The Kier molecular flexibility index (Phi) is 4.62. The minimum atomic E-state index is 0.439. The molecule has 2 heterocycles. The van der Waals surface area contributed by atoms with E-state index in [0.29, 0.717) is 29.6 Å². The quantitative estimate of drug-likeness (QED) is 0.488. The van der Waals surface area contributed by atoms with Gasteiger partial charge in [0.25, 0.3) is 0 Å². The van der Waals surface area contributed by atoms with Gasteiger partial charge in [0.2, 0.25) is 5.95 Å². The molecule has 0 bridgehead atoms. The zero-order valence-electron chi connectivity index (χ0n) is 14.5. The number of hydrogen-bond donors (Lipinski definition) is 3. The molecule has 2 aromatic heterocycles. The predicted octanol–water partition coefficient (Wildman–Crippen LogP) is 3.62. The van der Waals surface area contributed by atoms with E-state index in [9.17, 15) is 5.26 Å². The molecule has 0 saturated carbocycles. The van der Waals surface area contributed by atoms with Crippen LogP contribution in [0.25, 0.3) is 10.9 Å². The van der Waals surface area contributed by atoms with Crippen molar-refractivity contribution < 1.29 is 0 Å². The zero-order valence-corrected chi connectivity index (χ0v) is 14.5. The molecule has 3 N–H and O–H groups in total. The highest BCUT2D eigenvalue weighted by Gasteiger charge is 2.06. The molecule has 4 rings (SSSR count). The van der Waals surface area contributed by atoms with Gasteiger partial charge in [0, 0.05) is 23.6 Å². The molecule has 0 spiro atoms. The number of nitrogens with zero attached hydrogens (tertiary/aromatic N) is 4. The first kappa shape index (κ1) is 16.5. The largest absolute Gasteiger partial charge is 0.361 e. The fourth-order valence-corrected chi connectivity index (χ4v) is 2.91. The molecular weight excluding hydrogens is 338 g/mol. The zero-order chi connectivity index (χ0) is 18.5. The first-order valence-corrected chi connectivity index (χ1v) is 8.58. The molecule has 2 aromatic carbocycles. The van der Waals surface area contributed by atoms with Gasteiger partial charge in [-0.15, -0.1) is 5.10 Å². The maximum atomic E-state index is 9.18. The highest BCUT2D eigenvalue weighted by atomic mass is 15.3. The standard InChI is InChI=1S/C20H17N7/c21-11-14-5-1-3-7-17(14)25-19-13-24-27-20(26-19)22-10-9-15-12-23-18-8-4-2-6-16(15)18/h1-8,12-13,23H,9-10H2,(H2,22,25,26,27). The molecule has 7 heteroatoms. The van der Waals surface area contributed by atoms with Crippen LogP contribution in [0.1, 0.15) is 11.1 Å². The van der Waals surface area contributed by atoms with Gasteiger partial charge in [-0.1, -0.05) is 30.3 Å². The molecule has 0 saturated heterocycles. The molecular formula is C20H17N7. The molecule has 0 amide bonds. The topological polar surface area (TPSA) is 102 Å². The Morgan fingerprint density at radius 3 is 2.85 bits per heavy atom. The van der Waals surface area contributed by atoms with Gasteiger partial charge < -0.3 is 15.6 Å². The van der Waals surface area contributed by atoms with Crippen LogP contribution < -0.4 is 10.6 Å². The molecule has 0 aliphatic heterocycles. The van der Waals surface area contributed by atoms with Gasteiger partial charge in [-0.25, -0.2) is 0 Å². The number of fused-ring (bicyclic) bond motifs is 1. The first-order valence-electron chi connectivity index (χ1n) is 8.58. The Balaban J connectivity index is 1.41. The summed E-state index contributed by atoms with van der Waals surface area (Å²) < 4.78 is 0. The van der Waals surface area contributed by atoms with Crippen molar-refractivity contribution in [3.8, 4) is 6.07 Å². The summed E-state index contributed by atoms with van der Waals surface area (Å²) in [5, 5.41) is 24.7. The Morgan fingerprint density at radius 1 is 1.07 bits per heavy atom. The van der Waals surface area contributed by atoms with Crippen molar-refractivity contribution in [1.29, 1.82) is 5.26 Å². The number of aromatic amines is 1. The lowest BCUT2D eigenvalue weighted by molar-refractivity contribution is 0.931. The minimum Gasteiger partial charge on any atom is -0.361 e. The van der Waals surface area contributed by atoms with E-state index >= 15 is 0 Å². The number of nitriles is 1. The van der Waals surface area contributed by atoms with Crippen molar-refractivity contribution in [3.05, 3.63) is 72.1 Å². The van der Waals surface area contributed by atoms with Crippen LogP contribution in [0.4, 0.5) is 17.5 Å². The summed E-state index contributed by atoms with van der Waals surface area (Å²) in [7, 11) is 0. The predicted molar refractivity (Wildman–Crippen MR) is 105 cm³/mol. The lowest BCUT2D eigenvalue weighted by Gasteiger charge is -2.08. The van der Waals surface area contributed by atoms with E-state index in [4.69, 9.17) is 0 Å². The summed E-state index contributed by atoms with van der Waals surface area (Å²) in [6, 6.07) is 17.6. The number of H-pyrrole nitrogens is 1. The molecule has 132 valence electrons. The fourth-order valence-electron chi connectivity index (χ4n) is 2.91. The van der Waals surface area contributed by atoms with E-state index in [1.165, 1.54) is 17.1 Å². The van der Waals surface area contributed by atoms with Crippen molar-refractivity contribution in [3.63, 3.8) is 0 Å². The number of rotatable bonds is 6. The first-order chi connectivity index (χ1) is 13.3. The molecule has 0 aliphatic rings. The van der Waals surface area contributed by atoms with Crippen LogP contribution in [-0.4, -0.2) is 26.7 Å². The number of hydrogen-bond acceptors (Lipinski definition) is 6. The summed E-state index contributed by atoms with van der Waals surface area (Å²) in [6.45, 7) is 0.682. The van der Waals surface area contributed by atoms with Crippen molar-refractivity contribution in [2.75, 3.05) is 17.2 Å². The summed E-state index contributed by atoms with van der Waals surface area (Å²) >= 11 is 0. The Bertz CT molecular complexity index is 1110. The molecule has 27 heavy (non-hydrogen) atoms. The Morgan fingerprint density at radius 2 is 1.93 bits per heavy atom. The van der Waals surface area contributed by atoms with Gasteiger partial charge >= 0.3 is 0 Å². The fraction of sp³-hybridized carbons (Fsp3) is 0.100. The van der Waals surface area contributed by atoms with Crippen molar-refractivity contribution >= 4 is 28.4 Å². The summed E-state index contributed by atoms with van der Waals surface area (Å²) in [6.07, 6.45) is 4.39. The molecule has 0 aliphatic carbocycles. The van der Waals surface area contributed by atoms with Gasteiger partial charge in [0.15, 0.2) is 5.82 Å². The van der Waals surface area contributed by atoms with Crippen LogP contribution in [0.3, 0.4) is 0 Å². The van der Waals surface area contributed by atoms with Crippen LogP contribution in [-0.2, 0) is 6.42 Å². The van der Waals surface area contributed by atoms with E-state index in [0.717, 1.165) is 11.9 Å². The van der Waals surface area contributed by atoms with Crippen molar-refractivity contribution in [1.82, 2.24) is 20.2 Å². The van der Waals surface area contributed by atoms with Crippen LogP contribution in [0, 0.1) is 11.3 Å². The average molecular weight is 355 g/mol. The third-order valence-electron chi connectivity index (χ3n) is 4.22. The number of aromatic nitrogens is 4. The Hall–Kier alpha value is -3.92. The smallest absolute Gasteiger partial charge is 0.244 e. The van der Waals surface area contributed by atoms with Gasteiger partial charge in [-0.05, 0) is 30.2 Å². The third kappa shape index (κ3) is 3.70. The van der Waals surface area contributed by atoms with Gasteiger partial charge in [0.1, 0.15) is 6.07 Å². The third-order valence-corrected chi connectivity index (χ3v) is 4.22. The van der Waals surface area contributed by atoms with Crippen LogP contribution in [0.5, 0.6) is 0 Å². The van der Waals surface area contributed by atoms with E-state index in [-0.39, 0.29) is 0 Å². The van der Waals surface area contributed by atoms with E-state index < -0.39 is 0 Å². The van der Waals surface area contributed by atoms with Crippen molar-refractivity contribution in [2.45, 2.75) is 6.42 Å². The summed E-state index contributed by atoms with van der Waals surface area (Å²) in [5.74, 6) is 0.969. The van der Waals surface area contributed by atoms with E-state index in [2.05, 4.69) is 49.0 Å². The lowest BCUT2D eigenvalue weighted by Crippen LogP contribution is -2.09. The van der Waals surface area contributed by atoms with Gasteiger partial charge in [-0.2, -0.15) is 15.3 Å². The molecule has 4 aromatic rings. The van der Waals surface area contributed by atoms with E-state index in [1.54, 1.807) is 6.07 Å². The highest BCUT2D eigenvalue weighted by Crippen LogP contribution is 2.19. The summed E-state index contributed by atoms with van der Waals surface area (Å²) in [4.78, 5) is 7.69. The van der Waals surface area contributed by atoms with Gasteiger partial charge in [0.05, 0.1) is 17.4 Å². The number of anilines is 3. The molecule has 0 unspecified atom stereocenters. The summed E-state index contributed by atoms with van der Waals surface area (Å²) in [5.41, 5.74) is 3.60. The monoisotopic (exact) mass is 355 g/mol. The number of para-hydroxylation sites is 2. The Labute approximate surface area is 156 Å². The second-order valence-electron chi connectivity index (χ2n) is 5.98. The molecule has 0 atom stereocenters. The molecule has 7 nitrogen and oxygen atoms in total. The van der Waals surface area contributed by atoms with Crippen LogP contribution in [0.15, 0.2) is 60.9 Å². The molecule has 0 fully saturated rings. The highest BCUT2D eigenvalue weighted by molar-refractivity contribution is 5.83. The van der Waals surface area contributed by atoms with Crippen molar-refractivity contribution in [2.24, 2.45) is 0 Å². The van der Waals surface area contributed by atoms with E-state index in [1.807, 2.05) is 36.5 Å². The van der Waals surface area contributed by atoms with Gasteiger partial charge in [-0.3, -0.25) is 0 Å². The van der Waals surface area contributed by atoms with Crippen LogP contribution >= 0.6 is 0 Å². The van der Waals surface area contributed by atoms with Crippen LogP contribution in [0.2, 0.25) is 0 Å². The average Bonchev–Trinajstić information content (AvgIpc) is 3.12. The SMILES string of the molecule is N#Cc1ccccc1Nc1cnnc(NCCc2c[nH]c3ccccc23)n1. The minimum absolute atomic E-state index is 0.439. The lowest BCUT2D eigenvalue weighted by atomic mass is 10.1.